The van der Waals surface area contributed by atoms with E-state index in [-0.39, 0.29) is 5.54 Å². The van der Waals surface area contributed by atoms with Crippen LogP contribution >= 0.6 is 0 Å². The zero-order valence-corrected chi connectivity index (χ0v) is 10.4. The molecule has 4 heteroatoms. The van der Waals surface area contributed by atoms with E-state index in [1.807, 2.05) is 0 Å². The molecule has 2 rings (SSSR count). The second-order valence-corrected chi connectivity index (χ2v) is 5.31. The molecule has 90 valence electrons. The van der Waals surface area contributed by atoms with Crippen molar-refractivity contribution in [3.63, 3.8) is 0 Å². The number of rotatable bonds is 4. The molecule has 4 nitrogen and oxygen atoms in total. The second kappa shape index (κ2) is 4.53. The molecule has 2 heterocycles. The summed E-state index contributed by atoms with van der Waals surface area (Å²) in [4.78, 5) is 4.50. The fraction of sp³-hybridized carbons (Fsp3) is 0.833. The van der Waals surface area contributed by atoms with Crippen molar-refractivity contribution in [1.29, 1.82) is 0 Å². The zero-order valence-electron chi connectivity index (χ0n) is 10.4. The maximum absolute atomic E-state index is 5.36. The first-order valence-electron chi connectivity index (χ1n) is 6.18. The summed E-state index contributed by atoms with van der Waals surface area (Å²) in [7, 11) is 0. The SMILES string of the molecule is CC(C)CCc1noc(C2(C)CCCN2)n1. The van der Waals surface area contributed by atoms with Gasteiger partial charge in [0.25, 0.3) is 0 Å². The van der Waals surface area contributed by atoms with E-state index in [0.29, 0.717) is 5.92 Å². The smallest absolute Gasteiger partial charge is 0.246 e. The highest BCUT2D eigenvalue weighted by molar-refractivity contribution is 5.04. The Labute approximate surface area is 96.8 Å². The van der Waals surface area contributed by atoms with Crippen molar-refractivity contribution in [3.05, 3.63) is 11.7 Å². The maximum atomic E-state index is 5.36. The Hall–Kier alpha value is -0.900. The normalized spacial score (nSPS) is 25.5. The van der Waals surface area contributed by atoms with Crippen molar-refractivity contribution in [3.8, 4) is 0 Å². The van der Waals surface area contributed by atoms with Crippen LogP contribution in [0.2, 0.25) is 0 Å². The minimum absolute atomic E-state index is 0.0942. The van der Waals surface area contributed by atoms with E-state index in [9.17, 15) is 0 Å². The second-order valence-electron chi connectivity index (χ2n) is 5.31. The van der Waals surface area contributed by atoms with Crippen LogP contribution in [0.4, 0.5) is 0 Å². The van der Waals surface area contributed by atoms with Gasteiger partial charge in [-0.2, -0.15) is 4.98 Å². The highest BCUT2D eigenvalue weighted by Gasteiger charge is 2.35. The van der Waals surface area contributed by atoms with Crippen molar-refractivity contribution in [2.24, 2.45) is 5.92 Å². The molecule has 1 aliphatic heterocycles. The minimum Gasteiger partial charge on any atom is -0.337 e. The Balaban J connectivity index is 2.01. The van der Waals surface area contributed by atoms with Crippen LogP contribution in [0.3, 0.4) is 0 Å². The van der Waals surface area contributed by atoms with Gasteiger partial charge in [-0.1, -0.05) is 19.0 Å². The number of hydrogen-bond donors (Lipinski definition) is 1. The highest BCUT2D eigenvalue weighted by atomic mass is 16.5. The number of aromatic nitrogens is 2. The quantitative estimate of drug-likeness (QED) is 0.850. The molecule has 0 spiro atoms. The summed E-state index contributed by atoms with van der Waals surface area (Å²) in [5, 5.41) is 7.48. The molecular weight excluding hydrogens is 202 g/mol. The molecule has 0 aliphatic carbocycles. The maximum Gasteiger partial charge on any atom is 0.246 e. The van der Waals surface area contributed by atoms with Crippen molar-refractivity contribution in [1.82, 2.24) is 15.5 Å². The summed E-state index contributed by atoms with van der Waals surface area (Å²) in [6.07, 6.45) is 4.29. The first-order valence-corrected chi connectivity index (χ1v) is 6.18. The average molecular weight is 223 g/mol. The monoisotopic (exact) mass is 223 g/mol. The van der Waals surface area contributed by atoms with Gasteiger partial charge in [0.05, 0.1) is 5.54 Å². The molecule has 1 saturated heterocycles. The summed E-state index contributed by atoms with van der Waals surface area (Å²) in [6, 6.07) is 0. The first kappa shape index (κ1) is 11.6. The van der Waals surface area contributed by atoms with E-state index in [2.05, 4.69) is 36.2 Å². The molecule has 1 aromatic heterocycles. The summed E-state index contributed by atoms with van der Waals surface area (Å²) < 4.78 is 5.36. The molecule has 16 heavy (non-hydrogen) atoms. The van der Waals surface area contributed by atoms with E-state index < -0.39 is 0 Å². The van der Waals surface area contributed by atoms with Crippen molar-refractivity contribution in [2.75, 3.05) is 6.54 Å². The van der Waals surface area contributed by atoms with Crippen LogP contribution in [0.15, 0.2) is 4.52 Å². The van der Waals surface area contributed by atoms with Gasteiger partial charge < -0.3 is 9.84 Å². The lowest BCUT2D eigenvalue weighted by molar-refractivity contribution is 0.274. The summed E-state index contributed by atoms with van der Waals surface area (Å²) in [5.41, 5.74) is -0.0942. The molecule has 0 aromatic carbocycles. The number of nitrogens with zero attached hydrogens (tertiary/aromatic N) is 2. The van der Waals surface area contributed by atoms with Crippen LogP contribution in [0, 0.1) is 5.92 Å². The summed E-state index contributed by atoms with van der Waals surface area (Å²) in [5.74, 6) is 2.28. The fourth-order valence-corrected chi connectivity index (χ4v) is 2.07. The highest BCUT2D eigenvalue weighted by Crippen LogP contribution is 2.28. The summed E-state index contributed by atoms with van der Waals surface area (Å²) >= 11 is 0. The van der Waals surface area contributed by atoms with Crippen LogP contribution in [-0.2, 0) is 12.0 Å². The number of nitrogens with one attached hydrogen (secondary N) is 1. The van der Waals surface area contributed by atoms with Gasteiger partial charge in [0, 0.05) is 6.42 Å². The Kier molecular flexibility index (Phi) is 3.28. The zero-order chi connectivity index (χ0) is 11.6. The van der Waals surface area contributed by atoms with Gasteiger partial charge in [0.1, 0.15) is 0 Å². The molecule has 0 amide bonds. The molecule has 1 atom stereocenters. The lowest BCUT2D eigenvalue weighted by atomic mass is 10.0. The molecule has 0 saturated carbocycles. The van der Waals surface area contributed by atoms with Crippen LogP contribution in [0.5, 0.6) is 0 Å². The Morgan fingerprint density at radius 3 is 2.94 bits per heavy atom. The standard InChI is InChI=1S/C12H21N3O/c1-9(2)5-6-10-14-11(16-15-10)12(3)7-4-8-13-12/h9,13H,4-8H2,1-3H3. The van der Waals surface area contributed by atoms with Gasteiger partial charge in [0.2, 0.25) is 5.89 Å². The first-order chi connectivity index (χ1) is 7.60. The molecule has 0 radical (unpaired) electrons. The Bertz CT molecular complexity index is 340. The largest absolute Gasteiger partial charge is 0.337 e. The third-order valence-electron chi connectivity index (χ3n) is 3.25. The molecule has 1 aromatic rings. The van der Waals surface area contributed by atoms with Crippen LogP contribution in [0.1, 0.15) is 51.7 Å². The molecule has 1 fully saturated rings. The van der Waals surface area contributed by atoms with Crippen LogP contribution in [0.25, 0.3) is 0 Å². The van der Waals surface area contributed by atoms with Crippen molar-refractivity contribution >= 4 is 0 Å². The Morgan fingerprint density at radius 1 is 1.50 bits per heavy atom. The lowest BCUT2D eigenvalue weighted by Crippen LogP contribution is -2.33. The van der Waals surface area contributed by atoms with E-state index in [1.165, 1.54) is 6.42 Å². The number of aryl methyl sites for hydroxylation is 1. The Morgan fingerprint density at radius 2 is 2.31 bits per heavy atom. The predicted molar refractivity (Wildman–Crippen MR) is 62.0 cm³/mol. The van der Waals surface area contributed by atoms with Crippen LogP contribution < -0.4 is 5.32 Å². The predicted octanol–water partition coefficient (Wildman–Crippen LogP) is 2.26. The van der Waals surface area contributed by atoms with Crippen LogP contribution in [-0.4, -0.2) is 16.7 Å². The van der Waals surface area contributed by atoms with Gasteiger partial charge in [-0.15, -0.1) is 0 Å². The van der Waals surface area contributed by atoms with Gasteiger partial charge in [-0.25, -0.2) is 0 Å². The molecule has 1 N–H and O–H groups in total. The third kappa shape index (κ3) is 2.43. The van der Waals surface area contributed by atoms with Gasteiger partial charge in [0.15, 0.2) is 5.82 Å². The minimum atomic E-state index is -0.0942. The van der Waals surface area contributed by atoms with E-state index in [4.69, 9.17) is 4.52 Å². The van der Waals surface area contributed by atoms with Crippen molar-refractivity contribution in [2.45, 2.75) is 52.0 Å². The fourth-order valence-electron chi connectivity index (χ4n) is 2.07. The van der Waals surface area contributed by atoms with Crippen molar-refractivity contribution < 1.29 is 4.52 Å². The van der Waals surface area contributed by atoms with Gasteiger partial charge in [-0.3, -0.25) is 0 Å². The molecule has 1 unspecified atom stereocenters. The van der Waals surface area contributed by atoms with E-state index in [0.717, 1.165) is 37.5 Å². The molecule has 1 aliphatic rings. The third-order valence-corrected chi connectivity index (χ3v) is 3.25. The molecule has 0 bridgehead atoms. The molecular formula is C12H21N3O. The van der Waals surface area contributed by atoms with Gasteiger partial charge in [-0.05, 0) is 38.6 Å². The van der Waals surface area contributed by atoms with Gasteiger partial charge >= 0.3 is 0 Å². The summed E-state index contributed by atoms with van der Waals surface area (Å²) in [6.45, 7) is 7.60. The topological polar surface area (TPSA) is 51.0 Å². The van der Waals surface area contributed by atoms with E-state index >= 15 is 0 Å². The lowest BCUT2D eigenvalue weighted by Gasteiger charge is -2.18. The average Bonchev–Trinajstić information content (AvgIpc) is 2.84. The number of hydrogen-bond acceptors (Lipinski definition) is 4. The van der Waals surface area contributed by atoms with E-state index in [1.54, 1.807) is 0 Å².